The maximum Gasteiger partial charge on any atom is 0.472 e. The first kappa shape index (κ1) is 47.3. The van der Waals surface area contributed by atoms with Gasteiger partial charge in [0.25, 0.3) is 11.5 Å². The zero-order chi connectivity index (χ0) is 47.6. The van der Waals surface area contributed by atoms with E-state index in [4.69, 9.17) is 37.8 Å². The van der Waals surface area contributed by atoms with Crippen LogP contribution in [0.1, 0.15) is 50.0 Å². The lowest BCUT2D eigenvalue weighted by Crippen LogP contribution is -2.42. The summed E-state index contributed by atoms with van der Waals surface area (Å²) >= 11 is 0. The molecule has 0 bridgehead atoms. The van der Waals surface area contributed by atoms with E-state index in [0.29, 0.717) is 5.56 Å². The Morgan fingerprint density at radius 3 is 2.30 bits per heavy atom. The Bertz CT molecular complexity index is 2880. The summed E-state index contributed by atoms with van der Waals surface area (Å²) in [6, 6.07) is 8.38. The van der Waals surface area contributed by atoms with Gasteiger partial charge in [-0.05, 0) is 24.1 Å². The lowest BCUT2D eigenvalue weighted by molar-refractivity contribution is -0.118. The van der Waals surface area contributed by atoms with E-state index in [-0.39, 0.29) is 53.6 Å². The number of rotatable bonds is 11. The average molecular weight is 973 g/mol. The molecule has 31 heteroatoms. The minimum atomic E-state index is -5.27. The van der Waals surface area contributed by atoms with E-state index in [1.165, 1.54) is 17.2 Å². The standard InChI is InChI=1S/C36H42N14O15P2/c1-17(2)30(51)46-35-45-29-23(32(53)47-35)42-16-50(29)34-26(63-36(54)38-10-7-11-43-48-37)25-21(62-34)13-60-66(55,56)64-24-18(3)33(61-20(24)12-59-67(57,58)65-25)49-15-41-22-27(39-14-40-28(22)49)44-31(52)19-8-5-4-6-9-19/h4-6,8-9,14-18,20-21,24-26,33-34H,7,10-13H2,1-3H3,(H,38,54)(H,55,56)(H,57,58)(H,39,40,44,52)(H2,45,46,47,51,53)/t18-,20-,21-,24+,25-,26-,33-,34-/m1/s1. The Hall–Kier alpha value is -6.22. The van der Waals surface area contributed by atoms with E-state index < -0.39 is 107 Å². The largest absolute Gasteiger partial charge is 0.472 e. The Morgan fingerprint density at radius 2 is 1.60 bits per heavy atom. The van der Waals surface area contributed by atoms with Crippen LogP contribution in [0.15, 0.2) is 59.2 Å². The molecule has 0 radical (unpaired) electrons. The summed E-state index contributed by atoms with van der Waals surface area (Å²) in [5.74, 6) is -2.52. The number of phosphoric acid groups is 2. The normalized spacial score (nSPS) is 28.7. The molecule has 0 aliphatic carbocycles. The third kappa shape index (κ3) is 10.4. The first-order chi connectivity index (χ1) is 32.0. The number of fused-ring (bicyclic) bond motifs is 4. The van der Waals surface area contributed by atoms with Crippen LogP contribution in [0, 0.1) is 11.8 Å². The predicted octanol–water partition coefficient (Wildman–Crippen LogP) is 3.05. The number of aromatic amines is 1. The highest BCUT2D eigenvalue weighted by molar-refractivity contribution is 7.47. The highest BCUT2D eigenvalue weighted by Gasteiger charge is 2.55. The van der Waals surface area contributed by atoms with E-state index in [0.717, 1.165) is 10.9 Å². The van der Waals surface area contributed by atoms with E-state index in [2.05, 4.69) is 55.9 Å². The third-order valence-electron chi connectivity index (χ3n) is 10.6. The van der Waals surface area contributed by atoms with Crippen LogP contribution in [0.25, 0.3) is 32.8 Å². The molecule has 0 spiro atoms. The Labute approximate surface area is 376 Å². The fourth-order valence-electron chi connectivity index (χ4n) is 7.40. The van der Waals surface area contributed by atoms with Crippen LogP contribution >= 0.6 is 15.6 Å². The number of benzene rings is 1. The van der Waals surface area contributed by atoms with Gasteiger partial charge in [0.2, 0.25) is 11.9 Å². The van der Waals surface area contributed by atoms with Crippen LogP contribution in [0.5, 0.6) is 0 Å². The van der Waals surface area contributed by atoms with E-state index in [1.54, 1.807) is 51.1 Å². The third-order valence-corrected chi connectivity index (χ3v) is 12.6. The number of nitrogens with zero attached hydrogens (tertiary/aromatic N) is 10. The number of aromatic nitrogens is 8. The number of anilines is 2. The molecule has 3 fully saturated rings. The SMILES string of the molecule is CC(C)C(=O)Nc1nc2c(ncn2[C@@H]2O[C@@H]3COP(=O)(O)O[C@H]4[C@@H](C)[C@H](n5cnc6c(NC(=O)c7ccccc7)ncnc65)O[C@@H]4COP(=O)(O)O[C@H]3[C@H]2OC(=O)NCCCN=[N+]=[N-])c(=O)[nH]1. The number of H-pyrrole nitrogens is 1. The van der Waals surface area contributed by atoms with Crippen molar-refractivity contribution in [3.05, 3.63) is 75.7 Å². The molecule has 3 aliphatic rings. The molecule has 0 saturated carbocycles. The molecule has 3 amide bonds. The summed E-state index contributed by atoms with van der Waals surface area (Å²) in [6.07, 6.45) is -7.97. The zero-order valence-corrected chi connectivity index (χ0v) is 37.2. The first-order valence-electron chi connectivity index (χ1n) is 20.4. The van der Waals surface area contributed by atoms with Gasteiger partial charge in [-0.3, -0.25) is 51.9 Å². The molecule has 3 saturated heterocycles. The number of azide groups is 1. The molecule has 6 N–H and O–H groups in total. The number of phosphoric ester groups is 2. The monoisotopic (exact) mass is 972 g/mol. The Kier molecular flexibility index (Phi) is 13.8. The number of imidazole rings is 2. The molecule has 4 aromatic heterocycles. The molecule has 29 nitrogen and oxygen atoms in total. The van der Waals surface area contributed by atoms with Gasteiger partial charge in [-0.25, -0.2) is 33.9 Å². The second kappa shape index (κ2) is 19.6. The Balaban J connectivity index is 1.07. The van der Waals surface area contributed by atoms with Crippen LogP contribution in [-0.2, 0) is 46.2 Å². The van der Waals surface area contributed by atoms with Gasteiger partial charge in [0.05, 0.1) is 25.9 Å². The number of ether oxygens (including phenoxy) is 3. The topological polar surface area (TPSA) is 382 Å². The number of hydrogen-bond acceptors (Lipinski definition) is 19. The summed E-state index contributed by atoms with van der Waals surface area (Å²) in [6.45, 7) is 3.09. The molecule has 1 aromatic carbocycles. The summed E-state index contributed by atoms with van der Waals surface area (Å²) in [7, 11) is -10.4. The van der Waals surface area contributed by atoms with Crippen LogP contribution in [0.4, 0.5) is 16.6 Å². The summed E-state index contributed by atoms with van der Waals surface area (Å²) in [5.41, 5.74) is 8.04. The van der Waals surface area contributed by atoms with Crippen LogP contribution in [-0.4, -0.2) is 124 Å². The number of nitrogens with one attached hydrogen (secondary N) is 4. The van der Waals surface area contributed by atoms with Gasteiger partial charge in [0.15, 0.2) is 40.5 Å². The minimum Gasteiger partial charge on any atom is -0.438 e. The number of hydrogen-bond donors (Lipinski definition) is 6. The average Bonchev–Trinajstić information content (AvgIpc) is 4.06. The van der Waals surface area contributed by atoms with Crippen LogP contribution < -0.4 is 21.5 Å². The van der Waals surface area contributed by atoms with Crippen LogP contribution in [0.3, 0.4) is 0 Å². The van der Waals surface area contributed by atoms with Gasteiger partial charge < -0.3 is 34.6 Å². The molecular weight excluding hydrogens is 930 g/mol. The van der Waals surface area contributed by atoms with Gasteiger partial charge in [-0.2, -0.15) is 4.98 Å². The molecule has 2 unspecified atom stereocenters. The van der Waals surface area contributed by atoms with Gasteiger partial charge in [0.1, 0.15) is 37.0 Å². The summed E-state index contributed by atoms with van der Waals surface area (Å²) in [4.78, 5) is 101. The molecule has 3 aliphatic heterocycles. The van der Waals surface area contributed by atoms with Crippen molar-refractivity contribution in [2.45, 2.75) is 70.2 Å². The quantitative estimate of drug-likeness (QED) is 0.0364. The molecule has 356 valence electrons. The van der Waals surface area contributed by atoms with Gasteiger partial charge >= 0.3 is 21.7 Å². The molecule has 5 aromatic rings. The summed E-state index contributed by atoms with van der Waals surface area (Å²) < 4.78 is 70.7. The lowest BCUT2D eigenvalue weighted by Gasteiger charge is -2.29. The number of alkyl carbamates (subject to hydrolysis) is 1. The van der Waals surface area contributed by atoms with Gasteiger partial charge in [-0.1, -0.05) is 44.1 Å². The van der Waals surface area contributed by atoms with Crippen molar-refractivity contribution in [2.24, 2.45) is 17.0 Å². The number of carbonyl (C=O) groups is 3. The van der Waals surface area contributed by atoms with Crippen molar-refractivity contribution in [1.82, 2.24) is 44.4 Å². The van der Waals surface area contributed by atoms with E-state index in [9.17, 15) is 38.1 Å². The highest BCUT2D eigenvalue weighted by Crippen LogP contribution is 2.55. The second-order valence-corrected chi connectivity index (χ2v) is 18.3. The molecular formula is C36H42N14O15P2. The Morgan fingerprint density at radius 1 is 0.940 bits per heavy atom. The lowest BCUT2D eigenvalue weighted by atomic mass is 10.0. The second-order valence-electron chi connectivity index (χ2n) is 15.5. The molecule has 10 atom stereocenters. The van der Waals surface area contributed by atoms with E-state index >= 15 is 0 Å². The number of carbonyl (C=O) groups excluding carboxylic acids is 3. The van der Waals surface area contributed by atoms with Gasteiger partial charge in [0, 0.05) is 35.4 Å². The fourth-order valence-corrected chi connectivity index (χ4v) is 9.39. The first-order valence-corrected chi connectivity index (χ1v) is 23.4. The van der Waals surface area contributed by atoms with Crippen LogP contribution in [0.2, 0.25) is 0 Å². The van der Waals surface area contributed by atoms with Crippen molar-refractivity contribution in [1.29, 1.82) is 0 Å². The maximum absolute atomic E-state index is 13.9. The van der Waals surface area contributed by atoms with Crippen molar-refractivity contribution in [2.75, 3.05) is 36.9 Å². The minimum absolute atomic E-state index is 0.0243. The molecule has 67 heavy (non-hydrogen) atoms. The highest BCUT2D eigenvalue weighted by atomic mass is 31.2. The predicted molar refractivity (Wildman–Crippen MR) is 227 cm³/mol. The van der Waals surface area contributed by atoms with E-state index in [1.807, 2.05) is 0 Å². The van der Waals surface area contributed by atoms with Gasteiger partial charge in [-0.15, -0.1) is 0 Å². The molecule has 7 heterocycles. The zero-order valence-electron chi connectivity index (χ0n) is 35.4. The smallest absolute Gasteiger partial charge is 0.438 e. The van der Waals surface area contributed by atoms with Crippen molar-refractivity contribution in [3.8, 4) is 0 Å². The fraction of sp³-hybridized carbons (Fsp3) is 0.472. The summed E-state index contributed by atoms with van der Waals surface area (Å²) in [5, 5.41) is 11.0. The van der Waals surface area contributed by atoms with Crippen molar-refractivity contribution < 1.29 is 65.6 Å². The van der Waals surface area contributed by atoms with Crippen molar-refractivity contribution in [3.63, 3.8) is 0 Å². The maximum atomic E-state index is 13.9. The number of amides is 3. The molecule has 8 rings (SSSR count). The van der Waals surface area contributed by atoms with Crippen molar-refractivity contribution >= 4 is 67.6 Å².